The molecular weight excluding hydrogens is 388 g/mol. The van der Waals surface area contributed by atoms with Crippen molar-refractivity contribution in [2.75, 3.05) is 32.2 Å². The van der Waals surface area contributed by atoms with E-state index in [0.29, 0.717) is 41.7 Å². The highest BCUT2D eigenvalue weighted by molar-refractivity contribution is 6.00. The van der Waals surface area contributed by atoms with Gasteiger partial charge in [0.25, 0.3) is 5.91 Å². The van der Waals surface area contributed by atoms with E-state index in [9.17, 15) is 14.9 Å². The molecule has 1 N–H and O–H groups in total. The van der Waals surface area contributed by atoms with E-state index >= 15 is 0 Å². The van der Waals surface area contributed by atoms with Crippen LogP contribution in [-0.4, -0.2) is 38.8 Å². The zero-order chi connectivity index (χ0) is 21.3. The number of carbonyl (C=O) groups excluding carboxylic acids is 2. The summed E-state index contributed by atoms with van der Waals surface area (Å²) < 4.78 is 21.1. The average Bonchev–Trinajstić information content (AvgIpc) is 3.01. The molecule has 0 fully saturated rings. The van der Waals surface area contributed by atoms with Crippen LogP contribution in [0.3, 0.4) is 0 Å². The molecular formula is C22H20N2O6. The number of esters is 1. The maximum atomic E-state index is 12.1. The molecule has 2 aromatic carbocycles. The summed E-state index contributed by atoms with van der Waals surface area (Å²) in [7, 11) is 1.54. The summed E-state index contributed by atoms with van der Waals surface area (Å²) in [6, 6.07) is 13.6. The third-order valence-electron chi connectivity index (χ3n) is 4.13. The number of rotatable bonds is 6. The van der Waals surface area contributed by atoms with Crippen LogP contribution in [0.4, 0.5) is 5.69 Å². The second kappa shape index (κ2) is 9.98. The van der Waals surface area contributed by atoms with Gasteiger partial charge >= 0.3 is 5.97 Å². The van der Waals surface area contributed by atoms with Gasteiger partial charge in [0, 0.05) is 18.2 Å². The van der Waals surface area contributed by atoms with E-state index in [1.807, 2.05) is 0 Å². The van der Waals surface area contributed by atoms with Crippen molar-refractivity contribution in [2.24, 2.45) is 0 Å². The Labute approximate surface area is 173 Å². The minimum absolute atomic E-state index is 0.219. The van der Waals surface area contributed by atoms with Crippen molar-refractivity contribution in [3.63, 3.8) is 0 Å². The van der Waals surface area contributed by atoms with Gasteiger partial charge in [-0.15, -0.1) is 0 Å². The number of methoxy groups -OCH3 is 1. The van der Waals surface area contributed by atoms with Gasteiger partial charge in [0.2, 0.25) is 0 Å². The summed E-state index contributed by atoms with van der Waals surface area (Å²) in [6.45, 7) is 0.564. The van der Waals surface area contributed by atoms with Crippen molar-refractivity contribution in [1.29, 1.82) is 5.26 Å². The average molecular weight is 408 g/mol. The monoisotopic (exact) mass is 408 g/mol. The fourth-order valence-corrected chi connectivity index (χ4v) is 2.65. The van der Waals surface area contributed by atoms with Crippen molar-refractivity contribution >= 4 is 23.6 Å². The summed E-state index contributed by atoms with van der Waals surface area (Å²) in [5, 5.41) is 11.8. The number of carbonyl (C=O) groups is 2. The number of anilines is 1. The van der Waals surface area contributed by atoms with Crippen LogP contribution in [0.2, 0.25) is 0 Å². The highest BCUT2D eigenvalue weighted by Gasteiger charge is 2.15. The van der Waals surface area contributed by atoms with Gasteiger partial charge in [0.15, 0.2) is 18.1 Å². The predicted octanol–water partition coefficient (Wildman–Crippen LogP) is 2.95. The molecule has 8 heteroatoms. The number of benzene rings is 2. The first-order valence-electron chi connectivity index (χ1n) is 9.21. The highest BCUT2D eigenvalue weighted by atomic mass is 16.5. The maximum absolute atomic E-state index is 12.1. The van der Waals surface area contributed by atoms with E-state index < -0.39 is 18.5 Å². The van der Waals surface area contributed by atoms with Crippen LogP contribution in [0.1, 0.15) is 12.0 Å². The molecule has 1 amide bonds. The molecule has 1 aliphatic rings. The third-order valence-corrected chi connectivity index (χ3v) is 4.13. The Bertz CT molecular complexity index is 992. The number of nitrogens with one attached hydrogen (secondary N) is 1. The molecule has 3 rings (SSSR count). The van der Waals surface area contributed by atoms with Crippen LogP contribution >= 0.6 is 0 Å². The van der Waals surface area contributed by atoms with Crippen LogP contribution in [0.15, 0.2) is 48.0 Å². The molecule has 0 aromatic heterocycles. The number of hydrogen-bond acceptors (Lipinski definition) is 7. The first-order valence-corrected chi connectivity index (χ1v) is 9.21. The van der Waals surface area contributed by atoms with Gasteiger partial charge in [-0.05, 0) is 35.9 Å². The summed E-state index contributed by atoms with van der Waals surface area (Å²) in [5.74, 6) is 0.372. The Morgan fingerprint density at radius 1 is 1.13 bits per heavy atom. The molecule has 8 nitrogen and oxygen atoms in total. The molecule has 0 bridgehead atoms. The van der Waals surface area contributed by atoms with Crippen LogP contribution < -0.4 is 19.5 Å². The number of nitriles is 1. The fourth-order valence-electron chi connectivity index (χ4n) is 2.65. The van der Waals surface area contributed by atoms with Crippen LogP contribution in [0, 0.1) is 11.3 Å². The normalized spacial score (nSPS) is 12.9. The lowest BCUT2D eigenvalue weighted by atomic mass is 10.1. The Morgan fingerprint density at radius 3 is 2.57 bits per heavy atom. The molecule has 30 heavy (non-hydrogen) atoms. The maximum Gasteiger partial charge on any atom is 0.349 e. The van der Waals surface area contributed by atoms with Gasteiger partial charge in [-0.1, -0.05) is 12.1 Å². The zero-order valence-corrected chi connectivity index (χ0v) is 16.3. The van der Waals surface area contributed by atoms with Gasteiger partial charge in [0.1, 0.15) is 17.4 Å². The molecule has 0 radical (unpaired) electrons. The largest absolute Gasteiger partial charge is 0.497 e. The molecule has 0 atom stereocenters. The molecule has 0 spiro atoms. The summed E-state index contributed by atoms with van der Waals surface area (Å²) in [5.41, 5.74) is 0.888. The van der Waals surface area contributed by atoms with Gasteiger partial charge in [0.05, 0.1) is 20.3 Å². The molecule has 1 heterocycles. The number of hydrogen-bond donors (Lipinski definition) is 1. The lowest BCUT2D eigenvalue weighted by molar-refractivity contribution is -0.142. The zero-order valence-electron chi connectivity index (χ0n) is 16.3. The molecule has 0 aliphatic carbocycles. The topological polar surface area (TPSA) is 107 Å². The second-order valence-corrected chi connectivity index (χ2v) is 6.28. The Kier molecular flexibility index (Phi) is 6.90. The van der Waals surface area contributed by atoms with Crippen molar-refractivity contribution in [1.82, 2.24) is 0 Å². The van der Waals surface area contributed by atoms with E-state index in [1.54, 1.807) is 55.6 Å². The molecule has 0 saturated carbocycles. The van der Waals surface area contributed by atoms with Crippen LogP contribution in [0.5, 0.6) is 17.2 Å². The standard InChI is InChI=1S/C22H20N2O6/c1-27-18-6-3-15(4-7-18)11-16(13-23)22(26)30-14-21(25)24-17-5-8-19-20(12-17)29-10-2-9-28-19/h3-8,11-12H,2,9-10,14H2,1H3,(H,24,25)/b16-11+. The molecule has 2 aromatic rings. The Balaban J connectivity index is 1.56. The summed E-state index contributed by atoms with van der Waals surface area (Å²) in [4.78, 5) is 24.3. The molecule has 1 aliphatic heterocycles. The number of ether oxygens (including phenoxy) is 4. The highest BCUT2D eigenvalue weighted by Crippen LogP contribution is 2.32. The molecule has 154 valence electrons. The number of amides is 1. The lowest BCUT2D eigenvalue weighted by Gasteiger charge is -2.10. The van der Waals surface area contributed by atoms with Gasteiger partial charge in [-0.3, -0.25) is 4.79 Å². The van der Waals surface area contributed by atoms with E-state index in [2.05, 4.69) is 5.32 Å². The fraction of sp³-hybridized carbons (Fsp3) is 0.227. The smallest absolute Gasteiger partial charge is 0.349 e. The lowest BCUT2D eigenvalue weighted by Crippen LogP contribution is -2.21. The van der Waals surface area contributed by atoms with E-state index in [4.69, 9.17) is 18.9 Å². The van der Waals surface area contributed by atoms with E-state index in [-0.39, 0.29) is 5.57 Å². The third kappa shape index (κ3) is 5.52. The summed E-state index contributed by atoms with van der Waals surface area (Å²) in [6.07, 6.45) is 2.15. The van der Waals surface area contributed by atoms with Crippen molar-refractivity contribution in [3.05, 3.63) is 53.6 Å². The van der Waals surface area contributed by atoms with E-state index in [1.165, 1.54) is 6.08 Å². The minimum atomic E-state index is -0.887. The van der Waals surface area contributed by atoms with E-state index in [0.717, 1.165) is 6.42 Å². The Hall–Kier alpha value is -3.99. The quantitative estimate of drug-likeness (QED) is 0.445. The molecule has 0 saturated heterocycles. The first kappa shape index (κ1) is 20.7. The van der Waals surface area contributed by atoms with Gasteiger partial charge in [-0.2, -0.15) is 5.26 Å². The number of nitrogens with zero attached hydrogens (tertiary/aromatic N) is 1. The van der Waals surface area contributed by atoms with Crippen molar-refractivity contribution < 1.29 is 28.5 Å². The predicted molar refractivity (Wildman–Crippen MR) is 108 cm³/mol. The van der Waals surface area contributed by atoms with Crippen molar-refractivity contribution in [3.8, 4) is 23.3 Å². The van der Waals surface area contributed by atoms with Gasteiger partial charge < -0.3 is 24.3 Å². The molecule has 0 unspecified atom stereocenters. The van der Waals surface area contributed by atoms with Crippen molar-refractivity contribution in [2.45, 2.75) is 6.42 Å². The summed E-state index contributed by atoms with van der Waals surface area (Å²) >= 11 is 0. The van der Waals surface area contributed by atoms with Gasteiger partial charge in [-0.25, -0.2) is 4.79 Å². The second-order valence-electron chi connectivity index (χ2n) is 6.28. The number of fused-ring (bicyclic) bond motifs is 1. The van der Waals surface area contributed by atoms with Crippen LogP contribution in [-0.2, 0) is 14.3 Å². The van der Waals surface area contributed by atoms with Crippen LogP contribution in [0.25, 0.3) is 6.08 Å². The Morgan fingerprint density at radius 2 is 1.87 bits per heavy atom. The first-order chi connectivity index (χ1) is 14.6. The minimum Gasteiger partial charge on any atom is -0.497 e. The SMILES string of the molecule is COc1ccc(/C=C(\C#N)C(=O)OCC(=O)Nc2ccc3c(c2)OCCCO3)cc1.